The van der Waals surface area contributed by atoms with E-state index in [9.17, 15) is 9.59 Å². The molecule has 0 fully saturated rings. The number of amides is 1. The van der Waals surface area contributed by atoms with E-state index in [2.05, 4.69) is 0 Å². The highest BCUT2D eigenvalue weighted by atomic mass is 16.4. The number of nitrogens with zero attached hydrogens (tertiary/aromatic N) is 2. The van der Waals surface area contributed by atoms with Gasteiger partial charge in [0.1, 0.15) is 0 Å². The lowest BCUT2D eigenvalue weighted by Gasteiger charge is -2.28. The van der Waals surface area contributed by atoms with Gasteiger partial charge in [-0.15, -0.1) is 0 Å². The van der Waals surface area contributed by atoms with Crippen LogP contribution in [-0.2, 0) is 9.59 Å². The average Bonchev–Trinajstić information content (AvgIpc) is 2.16. The van der Waals surface area contributed by atoms with Gasteiger partial charge in [0.25, 0.3) is 0 Å². The highest BCUT2D eigenvalue weighted by Gasteiger charge is 2.24. The summed E-state index contributed by atoms with van der Waals surface area (Å²) in [5.41, 5.74) is 5.47. The van der Waals surface area contributed by atoms with Crippen molar-refractivity contribution in [1.29, 1.82) is 5.26 Å². The maximum absolute atomic E-state index is 11.8. The monoisotopic (exact) mass is 227 g/mol. The topological polar surface area (TPSA) is 107 Å². The molecule has 0 spiro atoms. The summed E-state index contributed by atoms with van der Waals surface area (Å²) in [6.07, 6.45) is -0.182. The van der Waals surface area contributed by atoms with E-state index in [0.29, 0.717) is 0 Å². The van der Waals surface area contributed by atoms with Crippen molar-refractivity contribution < 1.29 is 14.7 Å². The minimum absolute atomic E-state index is 0.0966. The molecule has 0 rings (SSSR count). The maximum atomic E-state index is 11.8. The molecule has 1 unspecified atom stereocenters. The lowest BCUT2D eigenvalue weighted by Crippen LogP contribution is -2.48. The van der Waals surface area contributed by atoms with E-state index in [1.54, 1.807) is 13.8 Å². The summed E-state index contributed by atoms with van der Waals surface area (Å²) < 4.78 is 0. The molecule has 0 aliphatic heterocycles. The quantitative estimate of drug-likeness (QED) is 0.660. The molecule has 1 atom stereocenters. The van der Waals surface area contributed by atoms with Crippen LogP contribution in [0.15, 0.2) is 0 Å². The second kappa shape index (κ2) is 6.80. The maximum Gasteiger partial charge on any atom is 0.305 e. The largest absolute Gasteiger partial charge is 0.481 e. The Labute approximate surface area is 94.6 Å². The number of nitriles is 1. The minimum Gasteiger partial charge on any atom is -0.481 e. The van der Waals surface area contributed by atoms with E-state index in [-0.39, 0.29) is 19.0 Å². The van der Waals surface area contributed by atoms with Crippen LogP contribution in [-0.4, -0.2) is 40.5 Å². The van der Waals surface area contributed by atoms with Crippen LogP contribution >= 0.6 is 0 Å². The van der Waals surface area contributed by atoms with Crippen LogP contribution in [0, 0.1) is 11.3 Å². The molecule has 1 amide bonds. The SMILES string of the molecule is CC(C)N(CCC#N)C(=O)C(N)CC(=O)O. The summed E-state index contributed by atoms with van der Waals surface area (Å²) in [5, 5.41) is 17.0. The van der Waals surface area contributed by atoms with Gasteiger partial charge >= 0.3 is 5.97 Å². The Morgan fingerprint density at radius 1 is 1.50 bits per heavy atom. The van der Waals surface area contributed by atoms with Crippen LogP contribution in [0.3, 0.4) is 0 Å². The van der Waals surface area contributed by atoms with Crippen LogP contribution < -0.4 is 5.73 Å². The van der Waals surface area contributed by atoms with Gasteiger partial charge in [0.05, 0.1) is 25.0 Å². The Kier molecular flexibility index (Phi) is 6.11. The molecule has 0 aromatic heterocycles. The first kappa shape index (κ1) is 14.4. The van der Waals surface area contributed by atoms with Crippen molar-refractivity contribution in [1.82, 2.24) is 4.90 Å². The molecule has 0 saturated heterocycles. The summed E-state index contributed by atoms with van der Waals surface area (Å²) in [7, 11) is 0. The van der Waals surface area contributed by atoms with Gasteiger partial charge in [-0.1, -0.05) is 0 Å². The first-order valence-corrected chi connectivity index (χ1v) is 5.05. The molecule has 16 heavy (non-hydrogen) atoms. The number of carbonyl (C=O) groups excluding carboxylic acids is 1. The summed E-state index contributed by atoms with van der Waals surface area (Å²) >= 11 is 0. The van der Waals surface area contributed by atoms with Crippen LogP contribution in [0.2, 0.25) is 0 Å². The summed E-state index contributed by atoms with van der Waals surface area (Å²) in [6, 6.07) is 0.797. The lowest BCUT2D eigenvalue weighted by molar-refractivity contribution is -0.142. The van der Waals surface area contributed by atoms with Crippen molar-refractivity contribution in [3.05, 3.63) is 0 Å². The number of hydrogen-bond donors (Lipinski definition) is 2. The smallest absolute Gasteiger partial charge is 0.305 e. The van der Waals surface area contributed by atoms with Gasteiger partial charge in [-0.05, 0) is 13.8 Å². The molecule has 0 heterocycles. The molecule has 0 aromatic carbocycles. The fraction of sp³-hybridized carbons (Fsp3) is 0.700. The van der Waals surface area contributed by atoms with Crippen LogP contribution in [0.25, 0.3) is 0 Å². The third-order valence-corrected chi connectivity index (χ3v) is 2.08. The highest BCUT2D eigenvalue weighted by Crippen LogP contribution is 2.04. The van der Waals surface area contributed by atoms with Crippen molar-refractivity contribution in [3.8, 4) is 6.07 Å². The van der Waals surface area contributed by atoms with E-state index in [1.165, 1.54) is 4.90 Å². The van der Waals surface area contributed by atoms with Gasteiger partial charge in [-0.25, -0.2) is 0 Å². The van der Waals surface area contributed by atoms with E-state index in [1.807, 2.05) is 6.07 Å². The molecule has 0 aromatic rings. The number of hydrogen-bond acceptors (Lipinski definition) is 4. The van der Waals surface area contributed by atoms with Crippen molar-refractivity contribution in [2.75, 3.05) is 6.54 Å². The number of carboxylic acid groups (broad SMARTS) is 1. The van der Waals surface area contributed by atoms with Crippen molar-refractivity contribution >= 4 is 11.9 Å². The molecule has 0 aliphatic carbocycles. The first-order valence-electron chi connectivity index (χ1n) is 5.05. The summed E-state index contributed by atoms with van der Waals surface area (Å²) in [5.74, 6) is -1.53. The normalized spacial score (nSPS) is 11.9. The number of carbonyl (C=O) groups is 2. The van der Waals surface area contributed by atoms with Crippen molar-refractivity contribution in [2.45, 2.75) is 38.8 Å². The molecule has 0 saturated carbocycles. The molecule has 0 bridgehead atoms. The number of nitrogens with two attached hydrogens (primary N) is 1. The third-order valence-electron chi connectivity index (χ3n) is 2.08. The summed E-state index contributed by atoms with van der Waals surface area (Å²) in [4.78, 5) is 23.6. The Balaban J connectivity index is 4.49. The molecule has 0 radical (unpaired) electrons. The van der Waals surface area contributed by atoms with E-state index in [0.717, 1.165) is 0 Å². The standard InChI is InChI=1S/C10H17N3O3/c1-7(2)13(5-3-4-11)10(16)8(12)6-9(14)15/h7-8H,3,5-6,12H2,1-2H3,(H,14,15). The predicted octanol–water partition coefficient (Wildman–Crippen LogP) is -0.0609. The molecule has 6 nitrogen and oxygen atoms in total. The molecular formula is C10H17N3O3. The molecule has 6 heteroatoms. The predicted molar refractivity (Wildman–Crippen MR) is 57.3 cm³/mol. The third kappa shape index (κ3) is 4.75. The number of carboxylic acids is 1. The van der Waals surface area contributed by atoms with Gasteiger partial charge in [0.15, 0.2) is 0 Å². The Morgan fingerprint density at radius 3 is 2.44 bits per heavy atom. The van der Waals surface area contributed by atoms with Gasteiger partial charge in [-0.3, -0.25) is 9.59 Å². The molecule has 0 aliphatic rings. The zero-order valence-corrected chi connectivity index (χ0v) is 9.51. The second-order valence-electron chi connectivity index (χ2n) is 3.74. The molecular weight excluding hydrogens is 210 g/mol. The van der Waals surface area contributed by atoms with Crippen molar-refractivity contribution in [2.24, 2.45) is 5.73 Å². The van der Waals surface area contributed by atoms with Gasteiger partial charge in [-0.2, -0.15) is 5.26 Å². The Bertz CT molecular complexity index is 296. The summed E-state index contributed by atoms with van der Waals surface area (Å²) in [6.45, 7) is 3.87. The van der Waals surface area contributed by atoms with Crippen LogP contribution in [0.1, 0.15) is 26.7 Å². The fourth-order valence-corrected chi connectivity index (χ4v) is 1.28. The zero-order chi connectivity index (χ0) is 12.7. The lowest BCUT2D eigenvalue weighted by atomic mass is 10.1. The fourth-order valence-electron chi connectivity index (χ4n) is 1.28. The highest BCUT2D eigenvalue weighted by molar-refractivity contribution is 5.86. The molecule has 90 valence electrons. The van der Waals surface area contributed by atoms with E-state index < -0.39 is 24.3 Å². The second-order valence-corrected chi connectivity index (χ2v) is 3.74. The van der Waals surface area contributed by atoms with E-state index in [4.69, 9.17) is 16.1 Å². The van der Waals surface area contributed by atoms with Gasteiger partial charge in [0.2, 0.25) is 5.91 Å². The van der Waals surface area contributed by atoms with Gasteiger partial charge in [0, 0.05) is 12.6 Å². The average molecular weight is 227 g/mol. The van der Waals surface area contributed by atoms with E-state index >= 15 is 0 Å². The Morgan fingerprint density at radius 2 is 2.06 bits per heavy atom. The zero-order valence-electron chi connectivity index (χ0n) is 9.51. The first-order chi connectivity index (χ1) is 7.40. The Hall–Kier alpha value is -1.61. The number of aliphatic carboxylic acids is 1. The minimum atomic E-state index is -1.11. The van der Waals surface area contributed by atoms with Gasteiger partial charge < -0.3 is 15.7 Å². The van der Waals surface area contributed by atoms with Crippen LogP contribution in [0.5, 0.6) is 0 Å². The molecule has 3 N–H and O–H groups in total. The number of rotatable bonds is 6. The van der Waals surface area contributed by atoms with Crippen molar-refractivity contribution in [3.63, 3.8) is 0 Å². The van der Waals surface area contributed by atoms with Crippen LogP contribution in [0.4, 0.5) is 0 Å².